The molecule has 2 aromatic rings. The van der Waals surface area contributed by atoms with E-state index in [1.807, 2.05) is 12.1 Å². The molecule has 2 unspecified atom stereocenters. The molecule has 1 fully saturated rings. The molecule has 14 heteroatoms. The summed E-state index contributed by atoms with van der Waals surface area (Å²) in [4.78, 5) is 24.6. The van der Waals surface area contributed by atoms with Crippen molar-refractivity contribution in [1.82, 2.24) is 19.8 Å². The van der Waals surface area contributed by atoms with E-state index >= 15 is 0 Å². The molecule has 0 bridgehead atoms. The number of H-pyrrole nitrogens is 1. The zero-order valence-corrected chi connectivity index (χ0v) is 22.9. The van der Waals surface area contributed by atoms with E-state index in [0.717, 1.165) is 67.0 Å². The number of nitrogens with zero attached hydrogens (tertiary/aromatic N) is 4. The average Bonchev–Trinajstić information content (AvgIpc) is 3.47. The SMILES string of the molecule is COC1=C(NS(C)(=O)=O)CC(c2cc(NC(=O)C3CSC(CN4CCCOCC4)=N3)c3cn[nH]c3c2)C=N1. The Bertz CT molecular complexity index is 1390. The van der Waals surface area contributed by atoms with Gasteiger partial charge in [-0.1, -0.05) is 0 Å². The van der Waals surface area contributed by atoms with Crippen LogP contribution in [0.1, 0.15) is 24.3 Å². The topological polar surface area (TPSA) is 150 Å². The molecule has 0 radical (unpaired) electrons. The van der Waals surface area contributed by atoms with Gasteiger partial charge in [0.05, 0.1) is 48.1 Å². The summed E-state index contributed by atoms with van der Waals surface area (Å²) in [5.41, 5.74) is 2.58. The molecule has 4 heterocycles. The zero-order valence-electron chi connectivity index (χ0n) is 21.3. The van der Waals surface area contributed by atoms with Crippen molar-refractivity contribution in [1.29, 1.82) is 0 Å². The molecule has 12 nitrogen and oxygen atoms in total. The highest BCUT2D eigenvalue weighted by atomic mass is 32.2. The van der Waals surface area contributed by atoms with Crippen molar-refractivity contribution in [2.24, 2.45) is 9.98 Å². The number of methoxy groups -OCH3 is 1. The van der Waals surface area contributed by atoms with Crippen LogP contribution in [0.15, 0.2) is 39.9 Å². The van der Waals surface area contributed by atoms with Gasteiger partial charge in [-0.05, 0) is 24.1 Å². The number of sulfonamides is 1. The Balaban J connectivity index is 1.32. The Labute approximate surface area is 225 Å². The summed E-state index contributed by atoms with van der Waals surface area (Å²) >= 11 is 1.63. The van der Waals surface area contributed by atoms with Gasteiger partial charge in [0.25, 0.3) is 0 Å². The van der Waals surface area contributed by atoms with Crippen molar-refractivity contribution < 1.29 is 22.7 Å². The maximum absolute atomic E-state index is 13.2. The van der Waals surface area contributed by atoms with Crippen LogP contribution >= 0.6 is 11.8 Å². The molecule has 3 aliphatic heterocycles. The first-order valence-electron chi connectivity index (χ1n) is 12.4. The molecule has 1 amide bonds. The van der Waals surface area contributed by atoms with Crippen LogP contribution < -0.4 is 10.0 Å². The van der Waals surface area contributed by atoms with Gasteiger partial charge >= 0.3 is 0 Å². The number of nitrogens with one attached hydrogen (secondary N) is 3. The molecule has 2 atom stereocenters. The Hall–Kier alpha value is -2.94. The maximum Gasteiger partial charge on any atom is 0.250 e. The number of ether oxygens (including phenoxy) is 2. The summed E-state index contributed by atoms with van der Waals surface area (Å²) in [6, 6.07) is 3.33. The highest BCUT2D eigenvalue weighted by Crippen LogP contribution is 2.33. The summed E-state index contributed by atoms with van der Waals surface area (Å²) in [5.74, 6) is 0.401. The number of rotatable bonds is 8. The van der Waals surface area contributed by atoms with Gasteiger partial charge in [0.15, 0.2) is 0 Å². The summed E-state index contributed by atoms with van der Waals surface area (Å²) in [6.45, 7) is 4.08. The van der Waals surface area contributed by atoms with Crippen LogP contribution in [0.4, 0.5) is 5.69 Å². The van der Waals surface area contributed by atoms with Crippen LogP contribution in [0.3, 0.4) is 0 Å². The fourth-order valence-electron chi connectivity index (χ4n) is 4.68. The highest BCUT2D eigenvalue weighted by molar-refractivity contribution is 8.14. The number of fused-ring (bicyclic) bond motifs is 1. The lowest BCUT2D eigenvalue weighted by atomic mass is 9.92. The first-order valence-corrected chi connectivity index (χ1v) is 15.2. The van der Waals surface area contributed by atoms with E-state index in [4.69, 9.17) is 14.5 Å². The third-order valence-electron chi connectivity index (χ3n) is 6.51. The number of aromatic amines is 1. The fraction of sp³-hybridized carbons (Fsp3) is 0.500. The van der Waals surface area contributed by atoms with Gasteiger partial charge in [-0.15, -0.1) is 11.8 Å². The number of amides is 1. The van der Waals surface area contributed by atoms with Crippen molar-refractivity contribution in [2.45, 2.75) is 24.8 Å². The van der Waals surface area contributed by atoms with Crippen molar-refractivity contribution >= 4 is 55.5 Å². The number of thioether (sulfide) groups is 1. The smallest absolute Gasteiger partial charge is 0.250 e. The van der Waals surface area contributed by atoms with E-state index in [1.165, 1.54) is 7.11 Å². The lowest BCUT2D eigenvalue weighted by Crippen LogP contribution is -2.31. The molecule has 0 saturated carbocycles. The third-order valence-corrected chi connectivity index (χ3v) is 8.17. The normalized spacial score (nSPS) is 22.8. The lowest BCUT2D eigenvalue weighted by Gasteiger charge is -2.22. The van der Waals surface area contributed by atoms with Crippen LogP contribution in [-0.4, -0.2) is 98.7 Å². The number of benzene rings is 1. The minimum absolute atomic E-state index is 0.176. The van der Waals surface area contributed by atoms with E-state index in [0.29, 0.717) is 23.6 Å². The van der Waals surface area contributed by atoms with E-state index < -0.39 is 16.1 Å². The summed E-state index contributed by atoms with van der Waals surface area (Å²) in [7, 11) is -2.06. The Kier molecular flexibility index (Phi) is 8.02. The van der Waals surface area contributed by atoms with Crippen molar-refractivity contribution in [3.8, 4) is 0 Å². The van der Waals surface area contributed by atoms with Crippen LogP contribution in [0.25, 0.3) is 10.9 Å². The molecule has 1 aromatic carbocycles. The van der Waals surface area contributed by atoms with Crippen LogP contribution in [0.5, 0.6) is 0 Å². The molecule has 5 rings (SSSR count). The predicted octanol–water partition coefficient (Wildman–Crippen LogP) is 1.66. The minimum Gasteiger partial charge on any atom is -0.480 e. The molecular weight excluding hydrogens is 530 g/mol. The van der Waals surface area contributed by atoms with Crippen LogP contribution in [0, 0.1) is 0 Å². The summed E-state index contributed by atoms with van der Waals surface area (Å²) < 4.78 is 37.0. The third kappa shape index (κ3) is 6.37. The minimum atomic E-state index is -3.51. The largest absolute Gasteiger partial charge is 0.480 e. The second kappa shape index (κ2) is 11.4. The van der Waals surface area contributed by atoms with E-state index in [9.17, 15) is 13.2 Å². The number of hydrogen-bond acceptors (Lipinski definition) is 10. The van der Waals surface area contributed by atoms with E-state index in [2.05, 4.69) is 30.1 Å². The van der Waals surface area contributed by atoms with Crippen molar-refractivity contribution in [3.05, 3.63) is 35.5 Å². The standard InChI is InChI=1S/C24H31N7O5S2/c1-35-24-20(30-38(2,33)34)10-16(11-25-24)15-8-18(17-12-26-29-19(17)9-15)28-23(32)21-14-37-22(27-21)13-31-4-3-6-36-7-5-31/h8-9,11-12,16,21,30H,3-7,10,13-14H2,1-2H3,(H,26,29)(H,28,32). The van der Waals surface area contributed by atoms with Crippen LogP contribution in [0.2, 0.25) is 0 Å². The first-order chi connectivity index (χ1) is 18.3. The van der Waals surface area contributed by atoms with Gasteiger partial charge in [-0.25, -0.2) is 13.4 Å². The molecule has 0 spiro atoms. The Morgan fingerprint density at radius 1 is 1.32 bits per heavy atom. The second-order valence-corrected chi connectivity index (χ2v) is 12.3. The molecule has 204 valence electrons. The van der Waals surface area contributed by atoms with Crippen molar-refractivity contribution in [3.63, 3.8) is 0 Å². The number of carbonyl (C=O) groups is 1. The average molecular weight is 562 g/mol. The quantitative estimate of drug-likeness (QED) is 0.440. The molecule has 0 aliphatic carbocycles. The van der Waals surface area contributed by atoms with E-state index in [1.54, 1.807) is 24.2 Å². The summed E-state index contributed by atoms with van der Waals surface area (Å²) in [6.07, 6.45) is 5.80. The van der Waals surface area contributed by atoms with Gasteiger partial charge in [0.1, 0.15) is 6.04 Å². The highest BCUT2D eigenvalue weighted by Gasteiger charge is 2.28. The maximum atomic E-state index is 13.2. The number of anilines is 1. The lowest BCUT2D eigenvalue weighted by molar-refractivity contribution is -0.116. The molecule has 3 N–H and O–H groups in total. The fourth-order valence-corrected chi connectivity index (χ4v) is 6.35. The number of allylic oxidation sites excluding steroid dienone is 1. The molecule has 3 aliphatic rings. The van der Waals surface area contributed by atoms with Gasteiger partial charge in [-0.3, -0.25) is 24.5 Å². The number of carbonyl (C=O) groups excluding carboxylic acids is 1. The number of hydrogen-bond donors (Lipinski definition) is 3. The van der Waals surface area contributed by atoms with Gasteiger partial charge in [0.2, 0.25) is 21.8 Å². The van der Waals surface area contributed by atoms with E-state index in [-0.39, 0.29) is 17.7 Å². The predicted molar refractivity (Wildman–Crippen MR) is 148 cm³/mol. The van der Waals surface area contributed by atoms with Gasteiger partial charge in [-0.2, -0.15) is 5.10 Å². The molecular formula is C24H31N7O5S2. The Morgan fingerprint density at radius 2 is 2.18 bits per heavy atom. The monoisotopic (exact) mass is 561 g/mol. The second-order valence-electron chi connectivity index (χ2n) is 9.43. The summed E-state index contributed by atoms with van der Waals surface area (Å²) in [5, 5.41) is 11.9. The first kappa shape index (κ1) is 26.7. The van der Waals surface area contributed by atoms with Crippen LogP contribution in [-0.2, 0) is 24.3 Å². The molecule has 1 aromatic heterocycles. The number of aromatic nitrogens is 2. The zero-order chi connectivity index (χ0) is 26.7. The number of aliphatic imine (C=N–C) groups is 2. The van der Waals surface area contributed by atoms with Gasteiger partial charge < -0.3 is 14.8 Å². The van der Waals surface area contributed by atoms with Crippen molar-refractivity contribution in [2.75, 3.05) is 57.3 Å². The Morgan fingerprint density at radius 3 is 3.00 bits per heavy atom. The molecule has 1 saturated heterocycles. The molecule has 38 heavy (non-hydrogen) atoms. The van der Waals surface area contributed by atoms with Gasteiger partial charge in [0, 0.05) is 55.9 Å².